The lowest BCUT2D eigenvalue weighted by atomic mass is 10.3. The van der Waals surface area contributed by atoms with E-state index in [0.29, 0.717) is 6.07 Å². The van der Waals surface area contributed by atoms with Crippen LogP contribution in [0.4, 0.5) is 25.1 Å². The van der Waals surface area contributed by atoms with Crippen molar-refractivity contribution in [2.45, 2.75) is 4.90 Å². The first-order valence-corrected chi connectivity index (χ1v) is 6.24. The minimum absolute atomic E-state index is 0.0959. The third-order valence-corrected chi connectivity index (χ3v) is 3.38. The Morgan fingerprint density at radius 2 is 1.69 bits per heavy atom. The molecular formula is C6H3BrF5NO2S. The number of rotatable bonds is 2. The fourth-order valence-corrected chi connectivity index (χ4v) is 1.92. The average Bonchev–Trinajstić information content (AvgIpc) is 1.99. The molecule has 0 aliphatic rings. The molecule has 0 radical (unpaired) electrons. The fourth-order valence-electron chi connectivity index (χ4n) is 0.872. The highest BCUT2D eigenvalue weighted by atomic mass is 79.9. The van der Waals surface area contributed by atoms with Gasteiger partial charge in [-0.3, -0.25) is 10.1 Å². The van der Waals surface area contributed by atoms with E-state index in [9.17, 15) is 29.5 Å². The summed E-state index contributed by atoms with van der Waals surface area (Å²) in [6.45, 7) is 0. The summed E-state index contributed by atoms with van der Waals surface area (Å²) in [4.78, 5) is 6.82. The molecule has 10 heteroatoms. The van der Waals surface area contributed by atoms with Crippen LogP contribution in [0.25, 0.3) is 0 Å². The van der Waals surface area contributed by atoms with E-state index in [-0.39, 0.29) is 16.6 Å². The first-order chi connectivity index (χ1) is 6.81. The van der Waals surface area contributed by atoms with Gasteiger partial charge in [0.2, 0.25) is 0 Å². The van der Waals surface area contributed by atoms with Gasteiger partial charge in [-0.25, -0.2) is 0 Å². The van der Waals surface area contributed by atoms with E-state index in [1.165, 1.54) is 0 Å². The van der Waals surface area contributed by atoms with E-state index >= 15 is 0 Å². The Kier molecular flexibility index (Phi) is 2.35. The van der Waals surface area contributed by atoms with Gasteiger partial charge in [-0.2, -0.15) is 0 Å². The molecule has 1 aromatic rings. The Labute approximate surface area is 94.3 Å². The average molecular weight is 328 g/mol. The second-order valence-corrected chi connectivity index (χ2v) is 6.10. The van der Waals surface area contributed by atoms with Gasteiger partial charge in [0.15, 0.2) is 0 Å². The highest BCUT2D eigenvalue weighted by Crippen LogP contribution is 3.02. The van der Waals surface area contributed by atoms with Gasteiger partial charge in [-0.1, -0.05) is 19.4 Å². The summed E-state index contributed by atoms with van der Waals surface area (Å²) in [6.07, 6.45) is 0. The van der Waals surface area contributed by atoms with Crippen LogP contribution in [-0.4, -0.2) is 4.92 Å². The van der Waals surface area contributed by atoms with Gasteiger partial charge < -0.3 is 0 Å². The normalized spacial score (nSPS) is 16.4. The summed E-state index contributed by atoms with van der Waals surface area (Å²) >= 11 is 2.59. The molecule has 16 heavy (non-hydrogen) atoms. The largest absolute Gasteiger partial charge is 0.310 e. The van der Waals surface area contributed by atoms with Crippen molar-refractivity contribution >= 4 is 31.8 Å². The van der Waals surface area contributed by atoms with Crippen LogP contribution in [0.3, 0.4) is 0 Å². The van der Waals surface area contributed by atoms with Gasteiger partial charge in [0, 0.05) is 6.07 Å². The summed E-state index contributed by atoms with van der Waals surface area (Å²) in [6, 6.07) is 0.468. The maximum absolute atomic E-state index is 12.3. The molecule has 0 aliphatic carbocycles. The maximum Gasteiger partial charge on any atom is 0.310 e. The molecule has 1 rings (SSSR count). The van der Waals surface area contributed by atoms with Crippen molar-refractivity contribution in [3.05, 3.63) is 32.8 Å². The first-order valence-electron chi connectivity index (χ1n) is 3.49. The second kappa shape index (κ2) is 2.86. The number of nitro benzene ring substituents is 1. The van der Waals surface area contributed by atoms with Crippen molar-refractivity contribution < 1.29 is 24.4 Å². The molecule has 0 bridgehead atoms. The third kappa shape index (κ3) is 2.82. The fraction of sp³-hybridized carbons (Fsp3) is 0. The lowest BCUT2D eigenvalue weighted by molar-refractivity contribution is -0.385. The van der Waals surface area contributed by atoms with Crippen molar-refractivity contribution in [2.75, 3.05) is 0 Å². The van der Waals surface area contributed by atoms with Crippen molar-refractivity contribution in [1.29, 1.82) is 0 Å². The minimum atomic E-state index is -9.86. The number of benzene rings is 1. The second-order valence-electron chi connectivity index (χ2n) is 2.84. The van der Waals surface area contributed by atoms with Gasteiger partial charge in [-0.15, -0.1) is 0 Å². The first kappa shape index (κ1) is 13.2. The summed E-state index contributed by atoms with van der Waals surface area (Å²) in [5.41, 5.74) is -1.06. The number of hydrogen-bond donors (Lipinski definition) is 0. The molecule has 0 aromatic heterocycles. The summed E-state index contributed by atoms with van der Waals surface area (Å²) in [7, 11) is -9.86. The van der Waals surface area contributed by atoms with Gasteiger partial charge in [0.25, 0.3) is 5.69 Å². The molecule has 0 saturated heterocycles. The highest BCUT2D eigenvalue weighted by molar-refractivity contribution is 9.10. The van der Waals surface area contributed by atoms with Gasteiger partial charge in [-0.05, 0) is 28.1 Å². The predicted molar refractivity (Wildman–Crippen MR) is 52.2 cm³/mol. The van der Waals surface area contributed by atoms with Gasteiger partial charge in [0.05, 0.1) is 9.40 Å². The lowest BCUT2D eigenvalue weighted by Gasteiger charge is -2.40. The van der Waals surface area contributed by atoms with Crippen LogP contribution < -0.4 is 0 Å². The summed E-state index contributed by atoms with van der Waals surface area (Å²) < 4.78 is 61.1. The summed E-state index contributed by atoms with van der Waals surface area (Å²) in [5.74, 6) is 0. The zero-order chi connectivity index (χ0) is 12.8. The molecule has 92 valence electrons. The van der Waals surface area contributed by atoms with E-state index in [0.717, 1.165) is 0 Å². The molecule has 0 unspecified atom stereocenters. The van der Waals surface area contributed by atoms with Crippen LogP contribution in [0.2, 0.25) is 0 Å². The Bertz CT molecular complexity index is 473. The SMILES string of the molecule is O=[N+]([O-])c1cc(S(F)(F)(F)(F)F)ccc1Br. The highest BCUT2D eigenvalue weighted by Gasteiger charge is 2.65. The number of nitro groups is 1. The molecule has 0 aliphatic heterocycles. The van der Waals surface area contributed by atoms with E-state index in [1.54, 1.807) is 0 Å². The Balaban J connectivity index is 3.54. The molecule has 0 fully saturated rings. The monoisotopic (exact) mass is 327 g/mol. The zero-order valence-electron chi connectivity index (χ0n) is 7.17. The molecule has 0 saturated carbocycles. The Hall–Kier alpha value is -0.900. The van der Waals surface area contributed by atoms with Crippen LogP contribution in [0, 0.1) is 10.1 Å². The van der Waals surface area contributed by atoms with Crippen LogP contribution in [0.5, 0.6) is 0 Å². The topological polar surface area (TPSA) is 43.1 Å². The van der Waals surface area contributed by atoms with Crippen LogP contribution >= 0.6 is 26.2 Å². The quantitative estimate of drug-likeness (QED) is 0.435. The predicted octanol–water partition coefficient (Wildman–Crippen LogP) is 5.01. The molecule has 0 heterocycles. The van der Waals surface area contributed by atoms with Crippen LogP contribution in [0.1, 0.15) is 0 Å². The number of halogens is 6. The summed E-state index contributed by atoms with van der Waals surface area (Å²) in [5, 5.41) is 10.3. The van der Waals surface area contributed by atoms with E-state index in [1.807, 2.05) is 0 Å². The molecular weight excluding hydrogens is 325 g/mol. The van der Waals surface area contributed by atoms with Crippen LogP contribution in [0.15, 0.2) is 27.6 Å². The lowest BCUT2D eigenvalue weighted by Crippen LogP contribution is -2.06. The molecule has 1 aromatic carbocycles. The van der Waals surface area contributed by atoms with E-state index in [2.05, 4.69) is 15.9 Å². The molecule has 0 N–H and O–H groups in total. The Morgan fingerprint density at radius 1 is 1.19 bits per heavy atom. The van der Waals surface area contributed by atoms with E-state index in [4.69, 9.17) is 0 Å². The third-order valence-electron chi connectivity index (χ3n) is 1.56. The van der Waals surface area contributed by atoms with Crippen molar-refractivity contribution in [3.8, 4) is 0 Å². The smallest absolute Gasteiger partial charge is 0.258 e. The van der Waals surface area contributed by atoms with Crippen molar-refractivity contribution in [2.24, 2.45) is 0 Å². The van der Waals surface area contributed by atoms with Gasteiger partial charge in [0.1, 0.15) is 4.90 Å². The molecule has 0 amide bonds. The molecule has 0 spiro atoms. The minimum Gasteiger partial charge on any atom is -0.258 e. The van der Waals surface area contributed by atoms with Crippen LogP contribution in [-0.2, 0) is 0 Å². The van der Waals surface area contributed by atoms with Gasteiger partial charge >= 0.3 is 10.2 Å². The van der Waals surface area contributed by atoms with E-state index < -0.39 is 25.7 Å². The van der Waals surface area contributed by atoms with Crippen molar-refractivity contribution in [1.82, 2.24) is 0 Å². The maximum atomic E-state index is 12.3. The molecule has 3 nitrogen and oxygen atoms in total. The zero-order valence-corrected chi connectivity index (χ0v) is 9.57. The van der Waals surface area contributed by atoms with Crippen molar-refractivity contribution in [3.63, 3.8) is 0 Å². The Morgan fingerprint density at radius 3 is 2.06 bits per heavy atom. The molecule has 0 atom stereocenters. The standard InChI is InChI=1S/C6H3BrF5NO2S/c7-5-2-1-4(3-6(5)13(14)15)16(8,9,10,11)12/h1-3H. The number of nitrogens with zero attached hydrogens (tertiary/aromatic N) is 1. The number of hydrogen-bond acceptors (Lipinski definition) is 2.